The highest BCUT2D eigenvalue weighted by atomic mass is 16.6. The zero-order valence-electron chi connectivity index (χ0n) is 11.7. The summed E-state index contributed by atoms with van der Waals surface area (Å²) < 4.78 is 5.15. The number of allylic oxidation sites excluding steroid dienone is 3. The Balaban J connectivity index is 0.00000324. The van der Waals surface area contributed by atoms with Crippen molar-refractivity contribution in [2.75, 3.05) is 6.54 Å². The van der Waals surface area contributed by atoms with E-state index in [2.05, 4.69) is 5.32 Å². The molecule has 0 heterocycles. The van der Waals surface area contributed by atoms with Gasteiger partial charge in [-0.3, -0.25) is 0 Å². The molecule has 110 valence electrons. The molecule has 0 unspecified atom stereocenters. The second-order valence-corrected chi connectivity index (χ2v) is 5.61. The molecule has 1 amide bonds. The maximum absolute atomic E-state index is 11.4. The molecule has 0 bridgehead atoms. The monoisotopic (exact) mass is 269 g/mol. The predicted molar refractivity (Wildman–Crippen MR) is 78.2 cm³/mol. The van der Waals surface area contributed by atoms with E-state index in [1.54, 1.807) is 0 Å². The fourth-order valence-corrected chi connectivity index (χ4v) is 1.77. The quantitative estimate of drug-likeness (QED) is 0.811. The van der Waals surface area contributed by atoms with Gasteiger partial charge in [-0.1, -0.05) is 19.1 Å². The molecular weight excluding hydrogens is 242 g/mol. The summed E-state index contributed by atoms with van der Waals surface area (Å²) in [6.45, 7) is 7.98. The van der Waals surface area contributed by atoms with E-state index in [-0.39, 0.29) is 13.5 Å². The third-order valence-electron chi connectivity index (χ3n) is 2.67. The van der Waals surface area contributed by atoms with Gasteiger partial charge in [-0.25, -0.2) is 4.79 Å². The Morgan fingerprint density at radius 3 is 2.58 bits per heavy atom. The largest absolute Gasteiger partial charge is 0.512 e. The third kappa shape index (κ3) is 6.89. The normalized spacial score (nSPS) is 15.5. The summed E-state index contributed by atoms with van der Waals surface area (Å²) in [6, 6.07) is 0. The van der Waals surface area contributed by atoms with Gasteiger partial charge in [0, 0.05) is 13.0 Å². The molecule has 0 aliphatic heterocycles. The number of hydrogen-bond acceptors (Lipinski definition) is 3. The minimum Gasteiger partial charge on any atom is -0.512 e. The van der Waals surface area contributed by atoms with E-state index in [9.17, 15) is 9.90 Å². The summed E-state index contributed by atoms with van der Waals surface area (Å²) in [4.78, 5) is 11.4. The second-order valence-electron chi connectivity index (χ2n) is 5.61. The van der Waals surface area contributed by atoms with E-state index in [0.29, 0.717) is 18.7 Å². The van der Waals surface area contributed by atoms with Crippen LogP contribution in [0.5, 0.6) is 0 Å². The number of rotatable bonds is 3. The smallest absolute Gasteiger partial charge is 0.407 e. The van der Waals surface area contributed by atoms with Crippen molar-refractivity contribution in [3.05, 3.63) is 23.0 Å². The number of nitrogens with one attached hydrogen (secondary N) is 1. The Bertz CT molecular complexity index is 375. The van der Waals surface area contributed by atoms with Gasteiger partial charge in [-0.2, -0.15) is 0 Å². The molecule has 0 atom stereocenters. The van der Waals surface area contributed by atoms with Gasteiger partial charge in [0.1, 0.15) is 5.60 Å². The van der Waals surface area contributed by atoms with Gasteiger partial charge in [0.15, 0.2) is 0 Å². The van der Waals surface area contributed by atoms with Crippen molar-refractivity contribution in [1.82, 2.24) is 5.32 Å². The Kier molecular flexibility index (Phi) is 6.67. The van der Waals surface area contributed by atoms with Crippen LogP contribution in [0.1, 0.15) is 54.4 Å². The maximum atomic E-state index is 11.4. The van der Waals surface area contributed by atoms with Gasteiger partial charge in [0.05, 0.1) is 5.76 Å². The summed E-state index contributed by atoms with van der Waals surface area (Å²) in [5.41, 5.74) is 1.72. The van der Waals surface area contributed by atoms with Gasteiger partial charge in [0.25, 0.3) is 0 Å². The Hall–Kier alpha value is -1.45. The summed E-state index contributed by atoms with van der Waals surface area (Å²) in [7, 11) is 0. The highest BCUT2D eigenvalue weighted by molar-refractivity contribution is 5.67. The molecule has 4 nitrogen and oxygen atoms in total. The third-order valence-corrected chi connectivity index (χ3v) is 2.67. The summed E-state index contributed by atoms with van der Waals surface area (Å²) >= 11 is 0. The van der Waals surface area contributed by atoms with Gasteiger partial charge >= 0.3 is 6.09 Å². The SMILES string of the molecule is C.CC1=C(O)CCC(CCNC(=O)OC(C)(C)C)=C1. The molecule has 4 heteroatoms. The molecule has 0 aromatic rings. The van der Waals surface area contributed by atoms with Crippen LogP contribution in [-0.4, -0.2) is 23.3 Å². The summed E-state index contributed by atoms with van der Waals surface area (Å²) in [6.07, 6.45) is 3.97. The first kappa shape index (κ1) is 17.6. The molecule has 0 saturated heterocycles. The van der Waals surface area contributed by atoms with E-state index < -0.39 is 5.60 Å². The topological polar surface area (TPSA) is 58.6 Å². The fourth-order valence-electron chi connectivity index (χ4n) is 1.77. The van der Waals surface area contributed by atoms with Crippen LogP contribution in [0.25, 0.3) is 0 Å². The summed E-state index contributed by atoms with van der Waals surface area (Å²) in [5.74, 6) is 0.471. The molecular formula is C15H27NO3. The fraction of sp³-hybridized carbons (Fsp3) is 0.667. The van der Waals surface area contributed by atoms with E-state index in [4.69, 9.17) is 4.74 Å². The molecule has 2 N–H and O–H groups in total. The first-order valence-electron chi connectivity index (χ1n) is 6.33. The number of amides is 1. The van der Waals surface area contributed by atoms with Gasteiger partial charge in [-0.05, 0) is 46.1 Å². The van der Waals surface area contributed by atoms with Gasteiger partial charge < -0.3 is 15.2 Å². The highest BCUT2D eigenvalue weighted by Crippen LogP contribution is 2.23. The Labute approximate surface area is 116 Å². The minimum absolute atomic E-state index is 0. The molecule has 0 aromatic heterocycles. The molecule has 0 spiro atoms. The van der Waals surface area contributed by atoms with Crippen LogP contribution in [0.15, 0.2) is 23.0 Å². The number of aliphatic hydroxyl groups excluding tert-OH is 1. The lowest BCUT2D eigenvalue weighted by Crippen LogP contribution is -2.33. The first-order chi connectivity index (χ1) is 8.28. The lowest BCUT2D eigenvalue weighted by atomic mass is 9.96. The highest BCUT2D eigenvalue weighted by Gasteiger charge is 2.16. The zero-order chi connectivity index (χ0) is 13.8. The average Bonchev–Trinajstić information content (AvgIpc) is 2.20. The first-order valence-corrected chi connectivity index (χ1v) is 6.33. The van der Waals surface area contributed by atoms with Crippen LogP contribution >= 0.6 is 0 Å². The van der Waals surface area contributed by atoms with Crippen LogP contribution in [-0.2, 0) is 4.74 Å². The van der Waals surface area contributed by atoms with E-state index >= 15 is 0 Å². The van der Waals surface area contributed by atoms with Gasteiger partial charge in [0.2, 0.25) is 0 Å². The Morgan fingerprint density at radius 1 is 1.42 bits per heavy atom. The lowest BCUT2D eigenvalue weighted by molar-refractivity contribution is 0.0528. The number of ether oxygens (including phenoxy) is 1. The molecule has 19 heavy (non-hydrogen) atoms. The lowest BCUT2D eigenvalue weighted by Gasteiger charge is -2.20. The minimum atomic E-state index is -0.459. The molecule has 0 fully saturated rings. The zero-order valence-corrected chi connectivity index (χ0v) is 11.7. The standard InChI is InChI=1S/C14H23NO3.CH4/c1-10-9-11(5-6-12(10)16)7-8-15-13(17)18-14(2,3)4;/h9,16H,5-8H2,1-4H3,(H,15,17);1H4. The number of alkyl carbamates (subject to hydrolysis) is 1. The number of hydrogen-bond donors (Lipinski definition) is 2. The molecule has 0 radical (unpaired) electrons. The molecule has 1 rings (SSSR count). The van der Waals surface area contributed by atoms with Crippen molar-refractivity contribution in [1.29, 1.82) is 0 Å². The van der Waals surface area contributed by atoms with E-state index in [1.165, 1.54) is 5.57 Å². The van der Waals surface area contributed by atoms with Crippen LogP contribution < -0.4 is 5.32 Å². The molecule has 1 aliphatic carbocycles. The van der Waals surface area contributed by atoms with Crippen LogP contribution in [0.3, 0.4) is 0 Å². The van der Waals surface area contributed by atoms with Crippen LogP contribution in [0.2, 0.25) is 0 Å². The molecule has 0 aromatic carbocycles. The molecule has 0 saturated carbocycles. The van der Waals surface area contributed by atoms with Crippen molar-refractivity contribution >= 4 is 6.09 Å². The van der Waals surface area contributed by atoms with Crippen molar-refractivity contribution in [3.63, 3.8) is 0 Å². The second kappa shape index (κ2) is 7.22. The predicted octanol–water partition coefficient (Wildman–Crippen LogP) is 4.09. The van der Waals surface area contributed by atoms with Crippen molar-refractivity contribution in [2.45, 2.75) is 60.0 Å². The Morgan fingerprint density at radius 2 is 2.05 bits per heavy atom. The van der Waals surface area contributed by atoms with Crippen LogP contribution in [0, 0.1) is 0 Å². The van der Waals surface area contributed by atoms with E-state index in [1.807, 2.05) is 33.8 Å². The van der Waals surface area contributed by atoms with Crippen molar-refractivity contribution in [3.8, 4) is 0 Å². The maximum Gasteiger partial charge on any atom is 0.407 e. The number of carbonyl (C=O) groups is 1. The van der Waals surface area contributed by atoms with Crippen LogP contribution in [0.4, 0.5) is 4.79 Å². The number of carbonyl (C=O) groups excluding carboxylic acids is 1. The number of aliphatic hydroxyl groups is 1. The average molecular weight is 269 g/mol. The van der Waals surface area contributed by atoms with Crippen molar-refractivity contribution < 1.29 is 14.6 Å². The summed E-state index contributed by atoms with van der Waals surface area (Å²) in [5, 5.41) is 12.2. The molecule has 1 aliphatic rings. The van der Waals surface area contributed by atoms with E-state index in [0.717, 1.165) is 18.4 Å². The van der Waals surface area contributed by atoms with Crippen molar-refractivity contribution in [2.24, 2.45) is 0 Å². The van der Waals surface area contributed by atoms with Gasteiger partial charge in [-0.15, -0.1) is 0 Å².